The number of hydrogen-bond acceptors (Lipinski definition) is 4. The number of carbonyl (C=O) groups excluding carboxylic acids is 1. The Balaban J connectivity index is 0.000000148. The van der Waals surface area contributed by atoms with Crippen molar-refractivity contribution >= 4 is 6.03 Å². The van der Waals surface area contributed by atoms with Gasteiger partial charge in [0.15, 0.2) is 0 Å². The Morgan fingerprint density at radius 2 is 2.11 bits per heavy atom. The molecule has 0 radical (unpaired) electrons. The minimum Gasteiger partial charge on any atom is -0.352 e. The van der Waals surface area contributed by atoms with Gasteiger partial charge in [-0.15, -0.1) is 5.10 Å². The van der Waals surface area contributed by atoms with Gasteiger partial charge in [-0.2, -0.15) is 0 Å². The average Bonchev–Trinajstić information content (AvgIpc) is 2.11. The second kappa shape index (κ2) is 4.50. The Morgan fingerprint density at radius 1 is 1.56 bits per heavy atom. The number of H-pyrrole nitrogens is 1. The third kappa shape index (κ3) is 10.7. The van der Waals surface area contributed by atoms with Crippen molar-refractivity contribution in [3.8, 4) is 0 Å². The van der Waals surface area contributed by atoms with Crippen molar-refractivity contribution in [2.45, 2.75) is 0 Å². The van der Waals surface area contributed by atoms with E-state index in [-0.39, 0.29) is 0 Å². The number of primary amides is 2. The summed E-state index contributed by atoms with van der Waals surface area (Å²) in [6.45, 7) is 0. The van der Waals surface area contributed by atoms with E-state index in [9.17, 15) is 0 Å². The zero-order valence-electron chi connectivity index (χ0n) is 4.48. The number of aromatic nitrogens is 4. The first-order valence-electron chi connectivity index (χ1n) is 1.95. The number of aromatic amines is 1. The van der Waals surface area contributed by atoms with Crippen molar-refractivity contribution in [2.75, 3.05) is 0 Å². The summed E-state index contributed by atoms with van der Waals surface area (Å²) in [6, 6.07) is -0.833. The van der Waals surface area contributed by atoms with Crippen LogP contribution in [0.2, 0.25) is 0 Å². The number of amides is 2. The van der Waals surface area contributed by atoms with Gasteiger partial charge in [-0.1, -0.05) is 0 Å². The molecule has 7 nitrogen and oxygen atoms in total. The number of carbonyl (C=O) groups is 1. The lowest BCUT2D eigenvalue weighted by Crippen LogP contribution is -2.18. The molecule has 0 saturated heterocycles. The number of nitrogens with zero attached hydrogens (tertiary/aromatic N) is 3. The van der Waals surface area contributed by atoms with Gasteiger partial charge < -0.3 is 11.5 Å². The molecule has 0 atom stereocenters. The molecule has 0 fully saturated rings. The van der Waals surface area contributed by atoms with Crippen LogP contribution in [0.15, 0.2) is 6.33 Å². The number of nitrogens with two attached hydrogens (primary N) is 2. The predicted octanol–water partition coefficient (Wildman–Crippen LogP) is -1.78. The molecule has 0 saturated carbocycles. The Hall–Kier alpha value is -1.66. The van der Waals surface area contributed by atoms with Crippen LogP contribution in [0.3, 0.4) is 0 Å². The van der Waals surface area contributed by atoms with E-state index < -0.39 is 6.03 Å². The van der Waals surface area contributed by atoms with Crippen LogP contribution in [-0.4, -0.2) is 26.7 Å². The van der Waals surface area contributed by atoms with Crippen LogP contribution < -0.4 is 11.5 Å². The van der Waals surface area contributed by atoms with Crippen LogP contribution in [0.25, 0.3) is 0 Å². The van der Waals surface area contributed by atoms with Crippen LogP contribution in [0.5, 0.6) is 0 Å². The normalized spacial score (nSPS) is 7.11. The zero-order chi connectivity index (χ0) is 7.11. The van der Waals surface area contributed by atoms with Crippen molar-refractivity contribution in [1.29, 1.82) is 0 Å². The van der Waals surface area contributed by atoms with Crippen LogP contribution >= 0.6 is 0 Å². The molecule has 1 aromatic rings. The molecular formula is C2H6N6O. The molecule has 1 rings (SSSR count). The highest BCUT2D eigenvalue weighted by atomic mass is 16.2. The molecule has 1 aromatic heterocycles. The topological polar surface area (TPSA) is 124 Å². The lowest BCUT2D eigenvalue weighted by Gasteiger charge is -1.62. The fourth-order valence-electron chi connectivity index (χ4n) is 0.129. The van der Waals surface area contributed by atoms with Gasteiger partial charge in [0.05, 0.1) is 0 Å². The van der Waals surface area contributed by atoms with Gasteiger partial charge in [-0.3, -0.25) is 0 Å². The highest BCUT2D eigenvalue weighted by Gasteiger charge is 1.60. The van der Waals surface area contributed by atoms with Crippen LogP contribution in [0, 0.1) is 0 Å². The first-order chi connectivity index (χ1) is 4.23. The molecule has 50 valence electrons. The molecule has 5 N–H and O–H groups in total. The van der Waals surface area contributed by atoms with E-state index in [1.807, 2.05) is 0 Å². The van der Waals surface area contributed by atoms with Gasteiger partial charge in [-0.25, -0.2) is 9.89 Å². The van der Waals surface area contributed by atoms with Gasteiger partial charge in [0, 0.05) is 0 Å². The second-order valence-corrected chi connectivity index (χ2v) is 0.965. The van der Waals surface area contributed by atoms with Crippen molar-refractivity contribution < 1.29 is 4.79 Å². The maximum absolute atomic E-state index is 9.00. The lowest BCUT2D eigenvalue weighted by molar-refractivity contribution is 0.256. The molecule has 7 heteroatoms. The fraction of sp³-hybridized carbons (Fsp3) is 0. The Labute approximate surface area is 50.4 Å². The molecule has 0 aliphatic heterocycles. The molecule has 0 aliphatic rings. The lowest BCUT2D eigenvalue weighted by atomic mass is 11.2. The van der Waals surface area contributed by atoms with Crippen LogP contribution in [0.4, 0.5) is 4.79 Å². The molecule has 0 aromatic carbocycles. The molecule has 0 bridgehead atoms. The molecule has 0 unspecified atom stereocenters. The van der Waals surface area contributed by atoms with Gasteiger partial charge >= 0.3 is 6.03 Å². The predicted molar refractivity (Wildman–Crippen MR) is 27.9 cm³/mol. The van der Waals surface area contributed by atoms with E-state index in [0.717, 1.165) is 0 Å². The SMILES string of the molecule is NC(N)=O.c1nnn[nH]1. The largest absolute Gasteiger partial charge is 0.352 e. The van der Waals surface area contributed by atoms with Crippen molar-refractivity contribution in [1.82, 2.24) is 20.6 Å². The third-order valence-corrected chi connectivity index (χ3v) is 0.270. The number of urea groups is 1. The minimum atomic E-state index is -0.833. The Kier molecular flexibility index (Phi) is 3.67. The summed E-state index contributed by atoms with van der Waals surface area (Å²) in [6.07, 6.45) is 1.40. The van der Waals surface area contributed by atoms with Crippen molar-refractivity contribution in [2.24, 2.45) is 11.5 Å². The molecule has 9 heavy (non-hydrogen) atoms. The summed E-state index contributed by atoms with van der Waals surface area (Å²) in [5.41, 5.74) is 8.50. The van der Waals surface area contributed by atoms with E-state index in [4.69, 9.17) is 4.79 Å². The van der Waals surface area contributed by atoms with Gasteiger partial charge in [0.1, 0.15) is 6.33 Å². The quantitative estimate of drug-likeness (QED) is 0.384. The standard InChI is InChI=1S/CH2N4.CH4N2O/c1-2-4-5-3-1;2-1(3)4/h1H,(H,2,3,4,5);(H4,2,3,4). The van der Waals surface area contributed by atoms with Crippen molar-refractivity contribution in [3.05, 3.63) is 6.33 Å². The van der Waals surface area contributed by atoms with E-state index in [2.05, 4.69) is 32.1 Å². The van der Waals surface area contributed by atoms with E-state index in [0.29, 0.717) is 0 Å². The summed E-state index contributed by atoms with van der Waals surface area (Å²) >= 11 is 0. The Bertz CT molecular complexity index is 125. The maximum atomic E-state index is 9.00. The first kappa shape index (κ1) is 7.34. The molecule has 1 heterocycles. The van der Waals surface area contributed by atoms with E-state index in [1.54, 1.807) is 0 Å². The van der Waals surface area contributed by atoms with E-state index >= 15 is 0 Å². The highest BCUT2D eigenvalue weighted by molar-refractivity contribution is 5.69. The first-order valence-corrected chi connectivity index (χ1v) is 1.95. The summed E-state index contributed by atoms with van der Waals surface area (Å²) in [4.78, 5) is 9.00. The number of rotatable bonds is 0. The third-order valence-electron chi connectivity index (χ3n) is 0.270. The van der Waals surface area contributed by atoms with Crippen molar-refractivity contribution in [3.63, 3.8) is 0 Å². The molecule has 0 spiro atoms. The number of nitrogens with one attached hydrogen (secondary N) is 1. The zero-order valence-corrected chi connectivity index (χ0v) is 4.48. The summed E-state index contributed by atoms with van der Waals surface area (Å²) in [5.74, 6) is 0. The molecule has 0 aliphatic carbocycles. The van der Waals surface area contributed by atoms with E-state index in [1.165, 1.54) is 6.33 Å². The van der Waals surface area contributed by atoms with Gasteiger partial charge in [0.25, 0.3) is 0 Å². The summed E-state index contributed by atoms with van der Waals surface area (Å²) in [5, 5.41) is 12.1. The smallest absolute Gasteiger partial charge is 0.309 e. The summed E-state index contributed by atoms with van der Waals surface area (Å²) in [7, 11) is 0. The molecule has 2 amide bonds. The second-order valence-electron chi connectivity index (χ2n) is 0.965. The van der Waals surface area contributed by atoms with Crippen LogP contribution in [0.1, 0.15) is 0 Å². The monoisotopic (exact) mass is 130 g/mol. The summed E-state index contributed by atoms with van der Waals surface area (Å²) < 4.78 is 0. The van der Waals surface area contributed by atoms with Gasteiger partial charge in [-0.05, 0) is 10.4 Å². The van der Waals surface area contributed by atoms with Crippen LogP contribution in [-0.2, 0) is 0 Å². The number of hydrogen-bond donors (Lipinski definition) is 3. The maximum Gasteiger partial charge on any atom is 0.309 e. The van der Waals surface area contributed by atoms with Gasteiger partial charge in [0.2, 0.25) is 0 Å². The number of tetrazole rings is 1. The highest BCUT2D eigenvalue weighted by Crippen LogP contribution is 1.43. The average molecular weight is 130 g/mol. The Morgan fingerprint density at radius 3 is 2.22 bits per heavy atom. The molecular weight excluding hydrogens is 124 g/mol. The fourth-order valence-corrected chi connectivity index (χ4v) is 0.129. The minimum absolute atomic E-state index is 0.833.